The molecule has 0 unspecified atom stereocenters. The van der Waals surface area contributed by atoms with Crippen molar-refractivity contribution < 1.29 is 9.59 Å². The first-order valence-corrected chi connectivity index (χ1v) is 9.74. The summed E-state index contributed by atoms with van der Waals surface area (Å²) < 4.78 is 0. The molecule has 2 atom stereocenters. The van der Waals surface area contributed by atoms with E-state index in [4.69, 9.17) is 0 Å². The Bertz CT molecular complexity index is 621. The summed E-state index contributed by atoms with van der Waals surface area (Å²) in [6, 6.07) is 6.17. The number of likely N-dealkylation sites (N-methyl/N-ethyl adjacent to an activating group) is 1. The Balaban J connectivity index is 1.53. The van der Waals surface area contributed by atoms with Crippen LogP contribution in [0.3, 0.4) is 0 Å². The molecule has 1 aromatic heterocycles. The highest BCUT2D eigenvalue weighted by molar-refractivity contribution is 5.79. The van der Waals surface area contributed by atoms with Gasteiger partial charge in [-0.3, -0.25) is 19.5 Å². The molecule has 2 amide bonds. The van der Waals surface area contributed by atoms with Crippen LogP contribution in [0.15, 0.2) is 24.4 Å². The summed E-state index contributed by atoms with van der Waals surface area (Å²) in [5, 5.41) is 0. The third-order valence-corrected chi connectivity index (χ3v) is 5.52. The lowest BCUT2D eigenvalue weighted by molar-refractivity contribution is -0.144. The molecule has 0 radical (unpaired) electrons. The largest absolute Gasteiger partial charge is 0.341 e. The van der Waals surface area contributed by atoms with Gasteiger partial charge in [0.2, 0.25) is 11.8 Å². The molecule has 0 aromatic carbocycles. The van der Waals surface area contributed by atoms with Gasteiger partial charge >= 0.3 is 0 Å². The van der Waals surface area contributed by atoms with E-state index >= 15 is 0 Å². The first kappa shape index (κ1) is 18.8. The molecule has 26 heavy (non-hydrogen) atoms. The Labute approximate surface area is 156 Å². The van der Waals surface area contributed by atoms with Gasteiger partial charge in [-0.2, -0.15) is 0 Å². The number of piperidine rings is 2. The maximum absolute atomic E-state index is 12.7. The second kappa shape index (κ2) is 8.62. The van der Waals surface area contributed by atoms with Crippen molar-refractivity contribution in [3.8, 4) is 0 Å². The van der Waals surface area contributed by atoms with Gasteiger partial charge in [-0.1, -0.05) is 13.0 Å². The van der Waals surface area contributed by atoms with Gasteiger partial charge in [0.1, 0.15) is 0 Å². The summed E-state index contributed by atoms with van der Waals surface area (Å²) in [6.07, 6.45) is 5.23. The minimum absolute atomic E-state index is 0.181. The number of carbonyl (C=O) groups excluding carboxylic acids is 2. The molecule has 1 aromatic rings. The predicted molar refractivity (Wildman–Crippen MR) is 100 cm³/mol. The molecule has 0 saturated carbocycles. The zero-order chi connectivity index (χ0) is 18.5. The first-order chi connectivity index (χ1) is 12.6. The highest BCUT2D eigenvalue weighted by atomic mass is 16.2. The highest BCUT2D eigenvalue weighted by Crippen LogP contribution is 2.31. The van der Waals surface area contributed by atoms with Crippen LogP contribution in [-0.2, 0) is 16.1 Å². The Hall–Kier alpha value is -1.95. The average Bonchev–Trinajstić information content (AvgIpc) is 2.64. The van der Waals surface area contributed by atoms with Crippen LogP contribution in [0.5, 0.6) is 0 Å². The van der Waals surface area contributed by atoms with Crippen LogP contribution in [0, 0.1) is 5.92 Å². The molecule has 0 spiro atoms. The van der Waals surface area contributed by atoms with Gasteiger partial charge in [0.15, 0.2) is 0 Å². The lowest BCUT2D eigenvalue weighted by Gasteiger charge is -2.47. The second-order valence-corrected chi connectivity index (χ2v) is 7.58. The number of rotatable bonds is 6. The average molecular weight is 358 g/mol. The van der Waals surface area contributed by atoms with Gasteiger partial charge in [-0.15, -0.1) is 0 Å². The third-order valence-electron chi connectivity index (χ3n) is 5.52. The van der Waals surface area contributed by atoms with E-state index in [1.807, 2.05) is 35.0 Å². The van der Waals surface area contributed by atoms with Gasteiger partial charge in [0.25, 0.3) is 0 Å². The molecule has 0 N–H and O–H groups in total. The molecule has 0 aliphatic carbocycles. The summed E-state index contributed by atoms with van der Waals surface area (Å²) in [7, 11) is 1.96. The van der Waals surface area contributed by atoms with E-state index in [1.165, 1.54) is 0 Å². The van der Waals surface area contributed by atoms with Crippen LogP contribution in [0.25, 0.3) is 0 Å². The summed E-state index contributed by atoms with van der Waals surface area (Å²) in [5.41, 5.74) is 0.975. The van der Waals surface area contributed by atoms with Gasteiger partial charge in [-0.05, 0) is 44.4 Å². The number of pyridine rings is 1. The van der Waals surface area contributed by atoms with Gasteiger partial charge < -0.3 is 9.80 Å². The van der Waals surface area contributed by atoms with E-state index in [1.54, 1.807) is 6.20 Å². The minimum atomic E-state index is 0.181. The zero-order valence-corrected chi connectivity index (χ0v) is 15.9. The van der Waals surface area contributed by atoms with E-state index in [2.05, 4.69) is 16.8 Å². The third kappa shape index (κ3) is 4.41. The second-order valence-electron chi connectivity index (χ2n) is 7.58. The monoisotopic (exact) mass is 358 g/mol. The van der Waals surface area contributed by atoms with E-state index in [9.17, 15) is 9.59 Å². The quantitative estimate of drug-likeness (QED) is 0.778. The lowest BCUT2D eigenvalue weighted by atomic mass is 9.83. The Kier molecular flexibility index (Phi) is 6.25. The van der Waals surface area contributed by atoms with E-state index in [-0.39, 0.29) is 5.91 Å². The van der Waals surface area contributed by atoms with Crippen molar-refractivity contribution >= 4 is 11.8 Å². The molecular weight excluding hydrogens is 328 g/mol. The number of nitrogens with zero attached hydrogens (tertiary/aromatic N) is 4. The summed E-state index contributed by atoms with van der Waals surface area (Å²) in [4.78, 5) is 35.3. The molecule has 6 nitrogen and oxygen atoms in total. The van der Waals surface area contributed by atoms with Crippen LogP contribution < -0.4 is 0 Å². The fraction of sp³-hybridized carbons (Fsp3) is 0.650. The summed E-state index contributed by atoms with van der Waals surface area (Å²) in [5.74, 6) is 0.904. The van der Waals surface area contributed by atoms with E-state index in [0.717, 1.165) is 44.6 Å². The van der Waals surface area contributed by atoms with Crippen molar-refractivity contribution in [2.45, 2.75) is 45.2 Å². The fourth-order valence-corrected chi connectivity index (χ4v) is 4.26. The molecule has 0 bridgehead atoms. The lowest BCUT2D eigenvalue weighted by Crippen LogP contribution is -2.57. The number of hydrogen-bond acceptors (Lipinski definition) is 4. The van der Waals surface area contributed by atoms with E-state index < -0.39 is 0 Å². The zero-order valence-electron chi connectivity index (χ0n) is 15.9. The van der Waals surface area contributed by atoms with Crippen LogP contribution >= 0.6 is 0 Å². The SMILES string of the molecule is CCCN1C(=O)CC[C@H]2CN(C(=O)CN(C)Cc3ccccn3)CC[C@H]21. The summed E-state index contributed by atoms with van der Waals surface area (Å²) >= 11 is 0. The topological polar surface area (TPSA) is 56.8 Å². The number of fused-ring (bicyclic) bond motifs is 1. The van der Waals surface area contributed by atoms with Crippen LogP contribution in [0.4, 0.5) is 0 Å². The normalized spacial score (nSPS) is 23.3. The molecule has 142 valence electrons. The predicted octanol–water partition coefficient (Wildman–Crippen LogP) is 1.76. The standard InChI is InChI=1S/C20H30N4O2/c1-3-11-24-18-9-12-23(13-16(18)7-8-19(24)25)20(26)15-22(2)14-17-6-4-5-10-21-17/h4-6,10,16,18H,3,7-9,11-15H2,1-2H3/t16-,18+/m0/s1. The highest BCUT2D eigenvalue weighted by Gasteiger charge is 2.39. The van der Waals surface area contributed by atoms with Crippen molar-refractivity contribution in [1.29, 1.82) is 0 Å². The first-order valence-electron chi connectivity index (χ1n) is 9.74. The molecule has 6 heteroatoms. The maximum atomic E-state index is 12.7. The molecule has 3 heterocycles. The van der Waals surface area contributed by atoms with Gasteiger partial charge in [-0.25, -0.2) is 0 Å². The molecule has 3 rings (SSSR count). The number of hydrogen-bond donors (Lipinski definition) is 0. The Morgan fingerprint density at radius 2 is 2.19 bits per heavy atom. The van der Waals surface area contributed by atoms with E-state index in [0.29, 0.717) is 37.4 Å². The molecule has 2 aliphatic rings. The van der Waals surface area contributed by atoms with Crippen molar-refractivity contribution in [1.82, 2.24) is 19.7 Å². The fourth-order valence-electron chi connectivity index (χ4n) is 4.26. The molecule has 2 saturated heterocycles. The maximum Gasteiger partial charge on any atom is 0.236 e. The van der Waals surface area contributed by atoms with Crippen molar-refractivity contribution in [3.05, 3.63) is 30.1 Å². The molecule has 2 aliphatic heterocycles. The van der Waals surface area contributed by atoms with Crippen molar-refractivity contribution in [3.63, 3.8) is 0 Å². The number of likely N-dealkylation sites (tertiary alicyclic amines) is 2. The number of aromatic nitrogens is 1. The Morgan fingerprint density at radius 1 is 1.35 bits per heavy atom. The van der Waals surface area contributed by atoms with Gasteiger partial charge in [0, 0.05) is 44.8 Å². The van der Waals surface area contributed by atoms with Crippen LogP contribution in [-0.4, -0.2) is 70.8 Å². The van der Waals surface area contributed by atoms with Crippen molar-refractivity contribution in [2.24, 2.45) is 5.92 Å². The smallest absolute Gasteiger partial charge is 0.236 e. The molecule has 2 fully saturated rings. The number of amides is 2. The minimum Gasteiger partial charge on any atom is -0.341 e. The van der Waals surface area contributed by atoms with Crippen molar-refractivity contribution in [2.75, 3.05) is 33.2 Å². The van der Waals surface area contributed by atoms with Crippen LogP contribution in [0.2, 0.25) is 0 Å². The Morgan fingerprint density at radius 3 is 2.92 bits per heavy atom. The van der Waals surface area contributed by atoms with Gasteiger partial charge in [0.05, 0.1) is 12.2 Å². The van der Waals surface area contributed by atoms with Crippen LogP contribution in [0.1, 0.15) is 38.3 Å². The summed E-state index contributed by atoms with van der Waals surface area (Å²) in [6.45, 7) is 5.59. The number of carbonyl (C=O) groups is 2. The molecular formula is C20H30N4O2.